The molecule has 3 aromatic carbocycles. The van der Waals surface area contributed by atoms with E-state index in [4.69, 9.17) is 11.6 Å². The first-order chi connectivity index (χ1) is 12.6. The minimum absolute atomic E-state index is 0.343. The summed E-state index contributed by atoms with van der Waals surface area (Å²) < 4.78 is 14.2. The van der Waals surface area contributed by atoms with E-state index in [2.05, 4.69) is 15.3 Å². The molecule has 0 bridgehead atoms. The second-order valence-electron chi connectivity index (χ2n) is 5.98. The highest BCUT2D eigenvalue weighted by molar-refractivity contribution is 6.30. The van der Waals surface area contributed by atoms with Gasteiger partial charge in [0, 0.05) is 16.1 Å². The van der Waals surface area contributed by atoms with Crippen LogP contribution in [0.25, 0.3) is 22.3 Å². The Morgan fingerprint density at radius 2 is 1.69 bits per heavy atom. The molecule has 0 fully saturated rings. The van der Waals surface area contributed by atoms with Gasteiger partial charge in [0.05, 0.1) is 11.1 Å². The Morgan fingerprint density at radius 1 is 0.923 bits per heavy atom. The zero-order chi connectivity index (χ0) is 18.1. The Labute approximate surface area is 155 Å². The van der Waals surface area contributed by atoms with E-state index in [1.54, 1.807) is 18.2 Å². The predicted octanol–water partition coefficient (Wildman–Crippen LogP) is 6.14. The lowest BCUT2D eigenvalue weighted by atomic mass is 10.1. The van der Waals surface area contributed by atoms with Crippen LogP contribution in [0.2, 0.25) is 5.02 Å². The number of rotatable bonds is 3. The van der Waals surface area contributed by atoms with Crippen molar-refractivity contribution in [2.45, 2.75) is 6.92 Å². The summed E-state index contributed by atoms with van der Waals surface area (Å²) in [6.07, 6.45) is 0. The third-order valence-electron chi connectivity index (χ3n) is 4.16. The van der Waals surface area contributed by atoms with Gasteiger partial charge in [0.1, 0.15) is 11.6 Å². The summed E-state index contributed by atoms with van der Waals surface area (Å²) in [6.45, 7) is 1.97. The monoisotopic (exact) mass is 363 g/mol. The highest BCUT2D eigenvalue weighted by Crippen LogP contribution is 2.30. The van der Waals surface area contributed by atoms with Gasteiger partial charge >= 0.3 is 0 Å². The SMILES string of the molecule is Cc1cc(Cl)ccc1Nc1nc(-c2ccccc2F)nc2ccccc12. The molecular formula is C21H15ClFN3. The zero-order valence-electron chi connectivity index (χ0n) is 14.0. The molecule has 0 aliphatic carbocycles. The molecule has 0 spiro atoms. The Hall–Kier alpha value is -2.98. The fraction of sp³-hybridized carbons (Fsp3) is 0.0476. The largest absolute Gasteiger partial charge is 0.339 e. The molecule has 0 radical (unpaired) electrons. The van der Waals surface area contributed by atoms with E-state index in [1.807, 2.05) is 49.4 Å². The van der Waals surface area contributed by atoms with E-state index in [0.717, 1.165) is 22.2 Å². The average molecular weight is 364 g/mol. The molecule has 128 valence electrons. The van der Waals surface area contributed by atoms with Gasteiger partial charge in [-0.2, -0.15) is 0 Å². The van der Waals surface area contributed by atoms with Crippen LogP contribution in [0.1, 0.15) is 5.56 Å². The topological polar surface area (TPSA) is 37.8 Å². The maximum atomic E-state index is 14.2. The summed E-state index contributed by atoms with van der Waals surface area (Å²) in [5.74, 6) is 0.617. The van der Waals surface area contributed by atoms with Gasteiger partial charge in [-0.15, -0.1) is 0 Å². The van der Waals surface area contributed by atoms with Crippen LogP contribution in [0.5, 0.6) is 0 Å². The van der Waals surface area contributed by atoms with Crippen molar-refractivity contribution in [1.82, 2.24) is 9.97 Å². The number of hydrogen-bond donors (Lipinski definition) is 1. The molecule has 4 aromatic rings. The summed E-state index contributed by atoms with van der Waals surface area (Å²) in [5.41, 5.74) is 2.99. The number of para-hydroxylation sites is 1. The normalized spacial score (nSPS) is 10.9. The van der Waals surface area contributed by atoms with Gasteiger partial charge in [0.25, 0.3) is 0 Å². The average Bonchev–Trinajstić information content (AvgIpc) is 2.64. The van der Waals surface area contributed by atoms with Crippen LogP contribution in [0.4, 0.5) is 15.9 Å². The Bertz CT molecular complexity index is 1110. The van der Waals surface area contributed by atoms with Gasteiger partial charge in [-0.3, -0.25) is 0 Å². The lowest BCUT2D eigenvalue weighted by Crippen LogP contribution is -2.01. The molecule has 0 saturated carbocycles. The number of anilines is 2. The van der Waals surface area contributed by atoms with Gasteiger partial charge in [-0.25, -0.2) is 14.4 Å². The van der Waals surface area contributed by atoms with Crippen LogP contribution in [0, 0.1) is 12.7 Å². The lowest BCUT2D eigenvalue weighted by Gasteiger charge is -2.13. The second-order valence-corrected chi connectivity index (χ2v) is 6.41. The van der Waals surface area contributed by atoms with E-state index in [1.165, 1.54) is 6.07 Å². The number of fused-ring (bicyclic) bond motifs is 1. The first kappa shape index (κ1) is 16.5. The summed E-state index contributed by atoms with van der Waals surface area (Å²) in [5, 5.41) is 4.88. The molecule has 1 aromatic heterocycles. The van der Waals surface area contributed by atoms with Gasteiger partial charge in [0.15, 0.2) is 5.82 Å². The molecule has 0 aliphatic heterocycles. The Kier molecular flexibility index (Phi) is 4.27. The fourth-order valence-corrected chi connectivity index (χ4v) is 3.06. The van der Waals surface area contributed by atoms with E-state index < -0.39 is 0 Å². The van der Waals surface area contributed by atoms with Crippen LogP contribution >= 0.6 is 11.6 Å². The molecule has 0 atom stereocenters. The van der Waals surface area contributed by atoms with Crippen molar-refractivity contribution in [3.8, 4) is 11.4 Å². The highest BCUT2D eigenvalue weighted by atomic mass is 35.5. The van der Waals surface area contributed by atoms with E-state index in [0.29, 0.717) is 22.2 Å². The number of hydrogen-bond acceptors (Lipinski definition) is 3. The quantitative estimate of drug-likeness (QED) is 0.475. The van der Waals surface area contributed by atoms with Crippen molar-refractivity contribution in [3.63, 3.8) is 0 Å². The standard InChI is InChI=1S/C21H15ClFN3/c1-13-12-14(22)10-11-18(13)24-21-16-7-3-5-9-19(16)25-20(26-21)15-6-2-4-8-17(15)23/h2-12H,1H3,(H,24,25,26). The van der Waals surface area contributed by atoms with Crippen molar-refractivity contribution < 1.29 is 4.39 Å². The number of aromatic nitrogens is 2. The van der Waals surface area contributed by atoms with E-state index >= 15 is 0 Å². The molecule has 1 heterocycles. The van der Waals surface area contributed by atoms with Crippen LogP contribution in [-0.4, -0.2) is 9.97 Å². The lowest BCUT2D eigenvalue weighted by molar-refractivity contribution is 0.630. The van der Waals surface area contributed by atoms with Crippen molar-refractivity contribution >= 4 is 34.0 Å². The molecule has 0 saturated heterocycles. The molecule has 26 heavy (non-hydrogen) atoms. The number of halogens is 2. The molecule has 0 amide bonds. The number of nitrogens with one attached hydrogen (secondary N) is 1. The Balaban J connectivity index is 1.89. The van der Waals surface area contributed by atoms with Crippen LogP contribution < -0.4 is 5.32 Å². The summed E-state index contributed by atoms with van der Waals surface area (Å²) in [6, 6.07) is 19.8. The van der Waals surface area contributed by atoms with Crippen LogP contribution in [0.3, 0.4) is 0 Å². The molecule has 4 rings (SSSR count). The van der Waals surface area contributed by atoms with Crippen LogP contribution in [-0.2, 0) is 0 Å². The predicted molar refractivity (Wildman–Crippen MR) is 104 cm³/mol. The number of aryl methyl sites for hydroxylation is 1. The first-order valence-electron chi connectivity index (χ1n) is 8.17. The zero-order valence-corrected chi connectivity index (χ0v) is 14.8. The van der Waals surface area contributed by atoms with Gasteiger partial charge in [-0.05, 0) is 55.0 Å². The van der Waals surface area contributed by atoms with E-state index in [-0.39, 0.29) is 5.82 Å². The fourth-order valence-electron chi connectivity index (χ4n) is 2.83. The third kappa shape index (κ3) is 3.11. The summed E-state index contributed by atoms with van der Waals surface area (Å²) >= 11 is 6.04. The van der Waals surface area contributed by atoms with Gasteiger partial charge in [0.2, 0.25) is 0 Å². The smallest absolute Gasteiger partial charge is 0.165 e. The molecule has 0 aliphatic rings. The molecular weight excluding hydrogens is 349 g/mol. The van der Waals surface area contributed by atoms with Crippen molar-refractivity contribution in [2.75, 3.05) is 5.32 Å². The van der Waals surface area contributed by atoms with Gasteiger partial charge in [-0.1, -0.05) is 35.9 Å². The minimum atomic E-state index is -0.351. The number of benzene rings is 3. The van der Waals surface area contributed by atoms with Crippen molar-refractivity contribution in [3.05, 3.63) is 83.1 Å². The molecule has 0 unspecified atom stereocenters. The van der Waals surface area contributed by atoms with Gasteiger partial charge < -0.3 is 5.32 Å². The molecule has 1 N–H and O–H groups in total. The maximum Gasteiger partial charge on any atom is 0.165 e. The van der Waals surface area contributed by atoms with E-state index in [9.17, 15) is 4.39 Å². The van der Waals surface area contributed by atoms with Crippen molar-refractivity contribution in [1.29, 1.82) is 0 Å². The Morgan fingerprint density at radius 3 is 2.50 bits per heavy atom. The maximum absolute atomic E-state index is 14.2. The van der Waals surface area contributed by atoms with Crippen LogP contribution in [0.15, 0.2) is 66.7 Å². The number of nitrogens with zero attached hydrogens (tertiary/aromatic N) is 2. The highest BCUT2D eigenvalue weighted by Gasteiger charge is 2.13. The molecule has 3 nitrogen and oxygen atoms in total. The second kappa shape index (κ2) is 6.73. The first-order valence-corrected chi connectivity index (χ1v) is 8.54. The summed E-state index contributed by atoms with van der Waals surface area (Å²) in [4.78, 5) is 9.13. The van der Waals surface area contributed by atoms with Crippen molar-refractivity contribution in [2.24, 2.45) is 0 Å². The third-order valence-corrected chi connectivity index (χ3v) is 4.39. The minimum Gasteiger partial charge on any atom is -0.339 e. The summed E-state index contributed by atoms with van der Waals surface area (Å²) in [7, 11) is 0. The molecule has 5 heteroatoms.